The largest absolute Gasteiger partial charge is 0.449 e. The van der Waals surface area contributed by atoms with Crippen molar-refractivity contribution in [1.29, 1.82) is 0 Å². The van der Waals surface area contributed by atoms with E-state index in [9.17, 15) is 0 Å². The third kappa shape index (κ3) is 1.49. The quantitative estimate of drug-likeness (QED) is 0.795. The van der Waals surface area contributed by atoms with Crippen LogP contribution in [0, 0.1) is 5.92 Å². The Balaban J connectivity index is 2.27. The highest BCUT2D eigenvalue weighted by Crippen LogP contribution is 2.42. The summed E-state index contributed by atoms with van der Waals surface area (Å²) in [7, 11) is 0. The van der Waals surface area contributed by atoms with E-state index in [1.54, 1.807) is 0 Å². The van der Waals surface area contributed by atoms with E-state index in [4.69, 9.17) is 21.8 Å². The van der Waals surface area contributed by atoms with Crippen molar-refractivity contribution in [3.63, 3.8) is 0 Å². The van der Waals surface area contributed by atoms with Gasteiger partial charge in [-0.1, -0.05) is 6.92 Å². The summed E-state index contributed by atoms with van der Waals surface area (Å²) >= 11 is 5.79. The molecule has 0 radical (unpaired) electrons. The molecule has 0 aromatic carbocycles. The molecule has 0 spiro atoms. The molecule has 1 aliphatic rings. The molecule has 2 unspecified atom stereocenters. The lowest BCUT2D eigenvalue weighted by atomic mass is 9.94. The van der Waals surface area contributed by atoms with Gasteiger partial charge >= 0.3 is 0 Å². The molecule has 1 aromatic rings. The summed E-state index contributed by atoms with van der Waals surface area (Å²) in [6.45, 7) is 2.95. The molecule has 1 heterocycles. The molecule has 0 saturated heterocycles. The highest BCUT2D eigenvalue weighted by molar-refractivity contribution is 6.28. The molecular weight excluding hydrogens is 186 g/mol. The van der Waals surface area contributed by atoms with Crippen molar-refractivity contribution in [3.8, 4) is 0 Å². The predicted molar refractivity (Wildman–Crippen MR) is 53.0 cm³/mol. The second kappa shape index (κ2) is 3.35. The maximum absolute atomic E-state index is 5.79. The lowest BCUT2D eigenvalue weighted by Crippen LogP contribution is -2.10. The predicted octanol–water partition coefficient (Wildman–Crippen LogP) is 2.56. The summed E-state index contributed by atoms with van der Waals surface area (Å²) in [6, 6.07) is 1.93. The van der Waals surface area contributed by atoms with Crippen molar-refractivity contribution >= 4 is 11.6 Å². The Morgan fingerprint density at radius 3 is 3.15 bits per heavy atom. The van der Waals surface area contributed by atoms with Gasteiger partial charge in [0.25, 0.3) is 0 Å². The van der Waals surface area contributed by atoms with E-state index in [1.165, 1.54) is 5.56 Å². The zero-order chi connectivity index (χ0) is 9.42. The van der Waals surface area contributed by atoms with E-state index in [1.807, 2.05) is 6.07 Å². The van der Waals surface area contributed by atoms with Gasteiger partial charge in [-0.2, -0.15) is 0 Å². The van der Waals surface area contributed by atoms with Crippen LogP contribution in [0.2, 0.25) is 5.22 Å². The average molecular weight is 200 g/mol. The summed E-state index contributed by atoms with van der Waals surface area (Å²) < 4.78 is 5.47. The molecule has 2 nitrogen and oxygen atoms in total. The maximum Gasteiger partial charge on any atom is 0.193 e. The van der Waals surface area contributed by atoms with Crippen LogP contribution in [-0.2, 0) is 6.42 Å². The van der Waals surface area contributed by atoms with Gasteiger partial charge in [0, 0.05) is 5.92 Å². The van der Waals surface area contributed by atoms with Gasteiger partial charge in [0.05, 0.1) is 0 Å². The normalized spacial score (nSPS) is 26.4. The molecule has 2 atom stereocenters. The lowest BCUT2D eigenvalue weighted by molar-refractivity contribution is 0.397. The number of halogens is 1. The Labute approximate surface area is 83.1 Å². The number of hydrogen-bond acceptors (Lipinski definition) is 2. The molecule has 1 aliphatic carbocycles. The van der Waals surface area contributed by atoms with E-state index in [0.717, 1.165) is 18.6 Å². The third-order valence-electron chi connectivity index (χ3n) is 2.85. The van der Waals surface area contributed by atoms with Gasteiger partial charge in [-0.25, -0.2) is 0 Å². The zero-order valence-electron chi connectivity index (χ0n) is 7.72. The van der Waals surface area contributed by atoms with E-state index in [-0.39, 0.29) is 0 Å². The van der Waals surface area contributed by atoms with Crippen LogP contribution in [-0.4, -0.2) is 6.54 Å². The van der Waals surface area contributed by atoms with Gasteiger partial charge in [-0.05, 0) is 48.5 Å². The van der Waals surface area contributed by atoms with Crippen molar-refractivity contribution in [3.05, 3.63) is 22.6 Å². The highest BCUT2D eigenvalue weighted by atomic mass is 35.5. The van der Waals surface area contributed by atoms with E-state index in [2.05, 4.69) is 6.92 Å². The van der Waals surface area contributed by atoms with Crippen LogP contribution in [0.15, 0.2) is 10.5 Å². The van der Waals surface area contributed by atoms with E-state index < -0.39 is 0 Å². The fourth-order valence-corrected chi connectivity index (χ4v) is 2.44. The van der Waals surface area contributed by atoms with Crippen LogP contribution in [0.4, 0.5) is 0 Å². The second-order valence-electron chi connectivity index (χ2n) is 3.81. The summed E-state index contributed by atoms with van der Waals surface area (Å²) in [4.78, 5) is 0. The van der Waals surface area contributed by atoms with Crippen LogP contribution in [0.5, 0.6) is 0 Å². The minimum absolute atomic E-state index is 0.479. The molecule has 0 amide bonds. The Hall–Kier alpha value is -0.470. The highest BCUT2D eigenvalue weighted by Gasteiger charge is 2.32. The van der Waals surface area contributed by atoms with Crippen LogP contribution in [0.3, 0.4) is 0 Å². The van der Waals surface area contributed by atoms with Gasteiger partial charge in [-0.3, -0.25) is 0 Å². The molecule has 0 bridgehead atoms. The first-order valence-corrected chi connectivity index (χ1v) is 5.08. The fraction of sp³-hybridized carbons (Fsp3) is 0.600. The average Bonchev–Trinajstić information content (AvgIpc) is 2.52. The molecule has 3 heteroatoms. The van der Waals surface area contributed by atoms with Crippen molar-refractivity contribution < 1.29 is 4.42 Å². The number of rotatable bonds is 2. The smallest absolute Gasteiger partial charge is 0.193 e. The number of nitrogens with two attached hydrogens (primary N) is 1. The number of hydrogen-bond donors (Lipinski definition) is 1. The Morgan fingerprint density at radius 2 is 2.46 bits per heavy atom. The maximum atomic E-state index is 5.79. The Bertz CT molecular complexity index is 308. The minimum atomic E-state index is 0.479. The van der Waals surface area contributed by atoms with Crippen molar-refractivity contribution in [2.45, 2.75) is 25.7 Å². The molecule has 0 aliphatic heterocycles. The number of fused-ring (bicyclic) bond motifs is 1. The van der Waals surface area contributed by atoms with Crippen LogP contribution >= 0.6 is 11.6 Å². The van der Waals surface area contributed by atoms with Crippen molar-refractivity contribution in [1.82, 2.24) is 0 Å². The van der Waals surface area contributed by atoms with Gasteiger partial charge in [0.15, 0.2) is 5.22 Å². The second-order valence-corrected chi connectivity index (χ2v) is 4.18. The molecule has 2 N–H and O–H groups in total. The van der Waals surface area contributed by atoms with Gasteiger partial charge in [0.2, 0.25) is 0 Å². The first-order chi connectivity index (χ1) is 6.22. The summed E-state index contributed by atoms with van der Waals surface area (Å²) in [5.41, 5.74) is 6.83. The SMILES string of the molecule is CC1Cc2cc(Cl)oc2C1CCN. The van der Waals surface area contributed by atoms with Gasteiger partial charge in [-0.15, -0.1) is 0 Å². The molecule has 72 valence electrons. The summed E-state index contributed by atoms with van der Waals surface area (Å²) in [5, 5.41) is 0.513. The van der Waals surface area contributed by atoms with Crippen LogP contribution < -0.4 is 5.73 Å². The Morgan fingerprint density at radius 1 is 1.69 bits per heavy atom. The lowest BCUT2D eigenvalue weighted by Gasteiger charge is -2.13. The third-order valence-corrected chi connectivity index (χ3v) is 3.04. The van der Waals surface area contributed by atoms with E-state index in [0.29, 0.717) is 23.6 Å². The standard InChI is InChI=1S/C10H14ClNO/c1-6-4-7-5-9(11)13-10(7)8(6)2-3-12/h5-6,8H,2-4,12H2,1H3. The summed E-state index contributed by atoms with van der Waals surface area (Å²) in [5.74, 6) is 2.20. The first kappa shape index (κ1) is 9.10. The van der Waals surface area contributed by atoms with Crippen molar-refractivity contribution in [2.24, 2.45) is 11.7 Å². The topological polar surface area (TPSA) is 39.2 Å². The van der Waals surface area contributed by atoms with Crippen LogP contribution in [0.1, 0.15) is 30.6 Å². The molecule has 0 fully saturated rings. The molecule has 13 heavy (non-hydrogen) atoms. The van der Waals surface area contributed by atoms with Gasteiger partial charge < -0.3 is 10.2 Å². The molecular formula is C10H14ClNO. The van der Waals surface area contributed by atoms with Gasteiger partial charge in [0.1, 0.15) is 5.76 Å². The van der Waals surface area contributed by atoms with E-state index >= 15 is 0 Å². The minimum Gasteiger partial charge on any atom is -0.449 e. The fourth-order valence-electron chi connectivity index (χ4n) is 2.22. The zero-order valence-corrected chi connectivity index (χ0v) is 8.47. The summed E-state index contributed by atoms with van der Waals surface area (Å²) in [6.07, 6.45) is 2.08. The van der Waals surface area contributed by atoms with Crippen molar-refractivity contribution in [2.75, 3.05) is 6.54 Å². The molecule has 0 saturated carbocycles. The molecule has 1 aromatic heterocycles. The number of furan rings is 1. The molecule has 2 rings (SSSR count). The first-order valence-electron chi connectivity index (χ1n) is 4.70. The monoisotopic (exact) mass is 199 g/mol. The van der Waals surface area contributed by atoms with Crippen LogP contribution in [0.25, 0.3) is 0 Å². The Kier molecular flexibility index (Phi) is 2.35.